The Bertz CT molecular complexity index is 1330. The summed E-state index contributed by atoms with van der Waals surface area (Å²) in [7, 11) is 0. The van der Waals surface area contributed by atoms with E-state index >= 15 is 0 Å². The summed E-state index contributed by atoms with van der Waals surface area (Å²) in [4.78, 5) is 36.7. The highest BCUT2D eigenvalue weighted by atomic mass is 35.5. The monoisotopic (exact) mass is 493 g/mol. The summed E-state index contributed by atoms with van der Waals surface area (Å²) in [5.41, 5.74) is 3.32. The molecule has 0 saturated carbocycles. The highest BCUT2D eigenvalue weighted by Crippen LogP contribution is 2.40. The number of hydrogen-bond donors (Lipinski definition) is 1. The van der Waals surface area contributed by atoms with Crippen LogP contribution in [0, 0.1) is 10.1 Å². The van der Waals surface area contributed by atoms with E-state index in [1.54, 1.807) is 61.5 Å². The van der Waals surface area contributed by atoms with Gasteiger partial charge < -0.3 is 9.47 Å². The zero-order valence-corrected chi connectivity index (χ0v) is 19.3. The number of hydrazine groups is 1. The molecule has 1 fully saturated rings. The van der Waals surface area contributed by atoms with Crippen LogP contribution in [0.5, 0.6) is 11.5 Å². The van der Waals surface area contributed by atoms with Gasteiger partial charge in [0.1, 0.15) is 12.2 Å². The van der Waals surface area contributed by atoms with Crippen LogP contribution in [0.15, 0.2) is 72.3 Å². The Morgan fingerprint density at radius 1 is 1.06 bits per heavy atom. The lowest BCUT2D eigenvalue weighted by Gasteiger charge is -2.14. The summed E-state index contributed by atoms with van der Waals surface area (Å²) in [6.45, 7) is 1.91. The molecule has 0 radical (unpaired) electrons. The molecule has 4 rings (SSSR count). The van der Waals surface area contributed by atoms with E-state index in [1.165, 1.54) is 18.2 Å². The summed E-state index contributed by atoms with van der Waals surface area (Å²) >= 11 is 6.17. The number of rotatable bonds is 8. The molecule has 1 saturated heterocycles. The number of amides is 2. The number of halogens is 1. The average Bonchev–Trinajstić information content (AvgIpc) is 3.13. The van der Waals surface area contributed by atoms with E-state index in [9.17, 15) is 19.7 Å². The fraction of sp³-hybridized carbons (Fsp3) is 0.120. The fourth-order valence-electron chi connectivity index (χ4n) is 3.48. The van der Waals surface area contributed by atoms with Gasteiger partial charge in [-0.05, 0) is 42.8 Å². The number of anilines is 1. The molecule has 0 aromatic heterocycles. The van der Waals surface area contributed by atoms with Crippen molar-refractivity contribution in [3.8, 4) is 11.5 Å². The predicted octanol–water partition coefficient (Wildman–Crippen LogP) is 4.69. The Morgan fingerprint density at radius 3 is 2.46 bits per heavy atom. The van der Waals surface area contributed by atoms with Crippen molar-refractivity contribution < 1.29 is 24.0 Å². The van der Waals surface area contributed by atoms with Crippen molar-refractivity contribution in [2.45, 2.75) is 13.5 Å². The lowest BCUT2D eigenvalue weighted by molar-refractivity contribution is -0.386. The molecule has 1 N–H and O–H groups in total. The second-order valence-corrected chi connectivity index (χ2v) is 7.82. The van der Waals surface area contributed by atoms with Gasteiger partial charge in [-0.15, -0.1) is 0 Å². The molecule has 178 valence electrons. The van der Waals surface area contributed by atoms with Gasteiger partial charge in [-0.1, -0.05) is 48.0 Å². The zero-order valence-electron chi connectivity index (χ0n) is 18.6. The highest BCUT2D eigenvalue weighted by molar-refractivity contribution is 6.32. The number of nitro benzene ring substituents is 1. The van der Waals surface area contributed by atoms with Gasteiger partial charge in [0.2, 0.25) is 5.75 Å². The molecule has 1 heterocycles. The number of hydrogen-bond acceptors (Lipinski definition) is 6. The van der Waals surface area contributed by atoms with Crippen molar-refractivity contribution in [1.29, 1.82) is 0 Å². The van der Waals surface area contributed by atoms with E-state index in [4.69, 9.17) is 21.1 Å². The highest BCUT2D eigenvalue weighted by Gasteiger charge is 2.34. The van der Waals surface area contributed by atoms with Gasteiger partial charge in [-0.3, -0.25) is 25.1 Å². The van der Waals surface area contributed by atoms with Crippen LogP contribution in [0.25, 0.3) is 6.08 Å². The lowest BCUT2D eigenvalue weighted by atomic mass is 10.1. The molecule has 0 spiro atoms. The van der Waals surface area contributed by atoms with E-state index in [1.807, 2.05) is 0 Å². The van der Waals surface area contributed by atoms with Crippen molar-refractivity contribution in [3.05, 3.63) is 98.6 Å². The molecular formula is C25H20ClN3O6. The first-order valence-electron chi connectivity index (χ1n) is 10.6. The molecule has 1 aliphatic rings. The van der Waals surface area contributed by atoms with Gasteiger partial charge in [0.05, 0.1) is 17.2 Å². The van der Waals surface area contributed by atoms with Crippen LogP contribution < -0.4 is 19.9 Å². The molecule has 35 heavy (non-hydrogen) atoms. The Hall–Kier alpha value is -4.37. The van der Waals surface area contributed by atoms with Crippen molar-refractivity contribution >= 4 is 40.9 Å². The van der Waals surface area contributed by atoms with Crippen LogP contribution in [0.4, 0.5) is 11.4 Å². The SMILES string of the molecule is CCOc1cc(/C=C2/C(=O)NN(c3ccccc3)C2=O)cc([N+](=O)[O-])c1OCc1ccccc1Cl. The maximum Gasteiger partial charge on any atom is 0.315 e. The Morgan fingerprint density at radius 2 is 1.77 bits per heavy atom. The first-order valence-corrected chi connectivity index (χ1v) is 11.0. The summed E-state index contributed by atoms with van der Waals surface area (Å²) in [5.74, 6) is -1.18. The Kier molecular flexibility index (Phi) is 6.98. The fourth-order valence-corrected chi connectivity index (χ4v) is 3.67. The van der Waals surface area contributed by atoms with Crippen molar-refractivity contribution in [1.82, 2.24) is 5.43 Å². The number of nitrogens with zero attached hydrogens (tertiary/aromatic N) is 2. The van der Waals surface area contributed by atoms with Crippen LogP contribution in [-0.2, 0) is 16.2 Å². The van der Waals surface area contributed by atoms with Crippen LogP contribution in [0.2, 0.25) is 5.02 Å². The molecule has 3 aromatic rings. The third kappa shape index (κ3) is 5.10. The van der Waals surface area contributed by atoms with Crippen molar-refractivity contribution in [3.63, 3.8) is 0 Å². The van der Waals surface area contributed by atoms with E-state index in [0.717, 1.165) is 5.01 Å². The predicted molar refractivity (Wildman–Crippen MR) is 130 cm³/mol. The molecule has 0 atom stereocenters. The van der Waals surface area contributed by atoms with Crippen LogP contribution >= 0.6 is 11.6 Å². The first kappa shape index (κ1) is 23.8. The van der Waals surface area contributed by atoms with Crippen molar-refractivity contribution in [2.24, 2.45) is 0 Å². The Labute approximate surface area is 205 Å². The maximum atomic E-state index is 12.9. The standard InChI is InChI=1S/C25H20ClN3O6/c1-2-34-22-14-16(12-19-24(30)27-28(25(19)31)18-9-4-3-5-10-18)13-21(29(32)33)23(22)35-15-17-8-6-7-11-20(17)26/h3-14H,2,15H2,1H3,(H,27,30)/b19-12-. The Balaban J connectivity index is 1.70. The maximum absolute atomic E-state index is 12.9. The van der Waals surface area contributed by atoms with Crippen LogP contribution in [0.3, 0.4) is 0 Å². The molecule has 1 aliphatic heterocycles. The van der Waals surface area contributed by atoms with Gasteiger partial charge in [0.15, 0.2) is 5.75 Å². The quantitative estimate of drug-likeness (QED) is 0.211. The molecular weight excluding hydrogens is 474 g/mol. The minimum Gasteiger partial charge on any atom is -0.490 e. The van der Waals surface area contributed by atoms with E-state index in [0.29, 0.717) is 16.3 Å². The minimum absolute atomic E-state index is 0.0199. The molecule has 0 unspecified atom stereocenters. The summed E-state index contributed by atoms with van der Waals surface area (Å²) in [5, 5.41) is 13.5. The number of ether oxygens (including phenoxy) is 2. The van der Waals surface area contributed by atoms with Crippen molar-refractivity contribution in [2.75, 3.05) is 11.6 Å². The molecule has 2 amide bonds. The number of nitrogens with one attached hydrogen (secondary N) is 1. The normalized spacial score (nSPS) is 14.2. The largest absolute Gasteiger partial charge is 0.490 e. The van der Waals surface area contributed by atoms with Gasteiger partial charge in [-0.25, -0.2) is 5.01 Å². The van der Waals surface area contributed by atoms with Crippen LogP contribution in [-0.4, -0.2) is 23.3 Å². The average molecular weight is 494 g/mol. The van der Waals surface area contributed by atoms with Gasteiger partial charge >= 0.3 is 5.69 Å². The summed E-state index contributed by atoms with van der Waals surface area (Å²) in [6.07, 6.45) is 1.29. The van der Waals surface area contributed by atoms with E-state index in [-0.39, 0.29) is 41.5 Å². The minimum atomic E-state index is -0.626. The number of carbonyl (C=O) groups excluding carboxylic acids is 2. The second kappa shape index (κ2) is 10.3. The molecule has 0 bridgehead atoms. The summed E-state index contributed by atoms with van der Waals surface area (Å²) in [6, 6.07) is 18.3. The van der Waals surface area contributed by atoms with Gasteiger partial charge in [0.25, 0.3) is 11.8 Å². The molecule has 3 aromatic carbocycles. The lowest BCUT2D eigenvalue weighted by Crippen LogP contribution is -2.35. The number of nitro groups is 1. The smallest absolute Gasteiger partial charge is 0.315 e. The number of carbonyl (C=O) groups is 2. The third-order valence-electron chi connectivity index (χ3n) is 5.10. The van der Waals surface area contributed by atoms with Crippen LogP contribution in [0.1, 0.15) is 18.1 Å². The van der Waals surface area contributed by atoms with Gasteiger partial charge in [-0.2, -0.15) is 0 Å². The molecule has 9 nitrogen and oxygen atoms in total. The molecule has 10 heteroatoms. The number of para-hydroxylation sites is 1. The molecule has 0 aliphatic carbocycles. The van der Waals surface area contributed by atoms with Gasteiger partial charge in [0, 0.05) is 16.7 Å². The van der Waals surface area contributed by atoms with E-state index in [2.05, 4.69) is 5.43 Å². The number of benzene rings is 3. The zero-order chi connectivity index (χ0) is 24.9. The topological polar surface area (TPSA) is 111 Å². The second-order valence-electron chi connectivity index (χ2n) is 7.41. The summed E-state index contributed by atoms with van der Waals surface area (Å²) < 4.78 is 11.4. The first-order chi connectivity index (χ1) is 16.9. The third-order valence-corrected chi connectivity index (χ3v) is 5.47. The van der Waals surface area contributed by atoms with E-state index < -0.39 is 16.7 Å².